The van der Waals surface area contributed by atoms with Gasteiger partial charge in [0.2, 0.25) is 0 Å². The van der Waals surface area contributed by atoms with Gasteiger partial charge in [0, 0.05) is 25.8 Å². The molecule has 1 aromatic heterocycles. The van der Waals surface area contributed by atoms with Crippen molar-refractivity contribution in [2.45, 2.75) is 63.6 Å². The molecule has 0 radical (unpaired) electrons. The van der Waals surface area contributed by atoms with Crippen LogP contribution in [0.25, 0.3) is 0 Å². The first-order chi connectivity index (χ1) is 9.11. The van der Waals surface area contributed by atoms with E-state index >= 15 is 0 Å². The Hall–Kier alpha value is -0.910. The molecule has 19 heavy (non-hydrogen) atoms. The van der Waals surface area contributed by atoms with E-state index in [0.717, 1.165) is 25.0 Å². The van der Waals surface area contributed by atoms with Crippen molar-refractivity contribution in [3.8, 4) is 0 Å². The number of hydrogen-bond acceptors (Lipinski definition) is 4. The second-order valence-corrected chi connectivity index (χ2v) is 5.78. The molecular formula is C14H26N4O. The van der Waals surface area contributed by atoms with Crippen LogP contribution in [0.2, 0.25) is 0 Å². The van der Waals surface area contributed by atoms with Gasteiger partial charge in [-0.3, -0.25) is 16.0 Å². The molecule has 0 aromatic carbocycles. The summed E-state index contributed by atoms with van der Waals surface area (Å²) in [6, 6.07) is 2.58. The van der Waals surface area contributed by atoms with Crippen molar-refractivity contribution >= 4 is 0 Å². The Bertz CT molecular complexity index is 396. The second-order valence-electron chi connectivity index (χ2n) is 5.78. The van der Waals surface area contributed by atoms with E-state index in [1.54, 1.807) is 7.11 Å². The van der Waals surface area contributed by atoms with E-state index in [1.165, 1.54) is 12.8 Å². The zero-order chi connectivity index (χ0) is 13.9. The summed E-state index contributed by atoms with van der Waals surface area (Å²) < 4.78 is 7.78. The third kappa shape index (κ3) is 2.99. The number of nitrogens with zero attached hydrogens (tertiary/aromatic N) is 2. The molecule has 108 valence electrons. The standard InChI is InChI=1S/C14H26N4O/c1-11(2)18-9-6-12(17-18)10-13(16-15)14(19-3)7-4-5-8-14/h6,9,11,13,16H,4-5,7-8,10,15H2,1-3H3. The van der Waals surface area contributed by atoms with E-state index in [2.05, 4.69) is 30.4 Å². The molecule has 1 heterocycles. The first-order valence-corrected chi connectivity index (χ1v) is 7.16. The molecule has 0 amide bonds. The second kappa shape index (κ2) is 6.03. The number of aromatic nitrogens is 2. The molecule has 1 saturated carbocycles. The van der Waals surface area contributed by atoms with E-state index in [-0.39, 0.29) is 11.6 Å². The minimum Gasteiger partial charge on any atom is -0.377 e. The molecule has 1 aromatic rings. The van der Waals surface area contributed by atoms with E-state index in [1.807, 2.05) is 10.9 Å². The highest BCUT2D eigenvalue weighted by Gasteiger charge is 2.41. The third-order valence-electron chi connectivity index (χ3n) is 4.30. The lowest BCUT2D eigenvalue weighted by atomic mass is 9.89. The summed E-state index contributed by atoms with van der Waals surface area (Å²) in [5, 5.41) is 4.60. The molecule has 1 aliphatic carbocycles. The van der Waals surface area contributed by atoms with Crippen molar-refractivity contribution in [1.82, 2.24) is 15.2 Å². The topological polar surface area (TPSA) is 65.1 Å². The van der Waals surface area contributed by atoms with Crippen LogP contribution in [0.5, 0.6) is 0 Å². The minimum absolute atomic E-state index is 0.121. The van der Waals surface area contributed by atoms with Crippen molar-refractivity contribution in [3.05, 3.63) is 18.0 Å². The maximum absolute atomic E-state index is 5.80. The predicted octanol–water partition coefficient (Wildman–Crippen LogP) is 1.80. The van der Waals surface area contributed by atoms with Crippen LogP contribution in [-0.2, 0) is 11.2 Å². The Morgan fingerprint density at radius 2 is 2.16 bits per heavy atom. The van der Waals surface area contributed by atoms with Gasteiger partial charge in [0.05, 0.1) is 17.3 Å². The van der Waals surface area contributed by atoms with Gasteiger partial charge in [0.1, 0.15) is 0 Å². The molecule has 3 N–H and O–H groups in total. The van der Waals surface area contributed by atoms with E-state index < -0.39 is 0 Å². The summed E-state index contributed by atoms with van der Waals surface area (Å²) in [6.45, 7) is 4.26. The smallest absolute Gasteiger partial charge is 0.0848 e. The van der Waals surface area contributed by atoms with E-state index in [9.17, 15) is 0 Å². The highest BCUT2D eigenvalue weighted by molar-refractivity contribution is 5.07. The molecule has 0 saturated heterocycles. The molecule has 0 aliphatic heterocycles. The van der Waals surface area contributed by atoms with Crippen LogP contribution in [0, 0.1) is 0 Å². The largest absolute Gasteiger partial charge is 0.377 e. The lowest BCUT2D eigenvalue weighted by molar-refractivity contribution is -0.0358. The van der Waals surface area contributed by atoms with Gasteiger partial charge in [-0.15, -0.1) is 0 Å². The fourth-order valence-electron chi connectivity index (χ4n) is 3.05. The number of nitrogens with two attached hydrogens (primary N) is 1. The number of methoxy groups -OCH3 is 1. The normalized spacial score (nSPS) is 20.1. The van der Waals surface area contributed by atoms with Gasteiger partial charge >= 0.3 is 0 Å². The first kappa shape index (κ1) is 14.5. The summed E-state index contributed by atoms with van der Waals surface area (Å²) in [5.41, 5.74) is 3.89. The van der Waals surface area contributed by atoms with Crippen molar-refractivity contribution < 1.29 is 4.74 Å². The number of rotatable bonds is 6. The first-order valence-electron chi connectivity index (χ1n) is 7.16. The molecule has 5 heteroatoms. The third-order valence-corrected chi connectivity index (χ3v) is 4.30. The molecule has 1 unspecified atom stereocenters. The van der Waals surface area contributed by atoms with Crippen LogP contribution in [0.3, 0.4) is 0 Å². The van der Waals surface area contributed by atoms with Gasteiger partial charge in [-0.25, -0.2) is 0 Å². The van der Waals surface area contributed by atoms with Crippen LogP contribution in [-0.4, -0.2) is 28.5 Å². The highest BCUT2D eigenvalue weighted by atomic mass is 16.5. The quantitative estimate of drug-likeness (QED) is 0.608. The number of hydrazine groups is 1. The molecule has 0 bridgehead atoms. The zero-order valence-corrected chi connectivity index (χ0v) is 12.2. The van der Waals surface area contributed by atoms with Crippen LogP contribution in [0.1, 0.15) is 51.3 Å². The van der Waals surface area contributed by atoms with Crippen molar-refractivity contribution in [2.75, 3.05) is 7.11 Å². The van der Waals surface area contributed by atoms with Gasteiger partial charge in [0.25, 0.3) is 0 Å². The zero-order valence-electron chi connectivity index (χ0n) is 12.2. The Morgan fingerprint density at radius 1 is 1.47 bits per heavy atom. The maximum atomic E-state index is 5.80. The van der Waals surface area contributed by atoms with Crippen molar-refractivity contribution in [3.63, 3.8) is 0 Å². The minimum atomic E-state index is -0.129. The predicted molar refractivity (Wildman–Crippen MR) is 75.6 cm³/mol. The monoisotopic (exact) mass is 266 g/mol. The Balaban J connectivity index is 2.09. The van der Waals surface area contributed by atoms with E-state index in [0.29, 0.717) is 6.04 Å². The molecule has 1 atom stereocenters. The van der Waals surface area contributed by atoms with Crippen LogP contribution in [0.15, 0.2) is 12.3 Å². The lowest BCUT2D eigenvalue weighted by Gasteiger charge is -2.35. The molecule has 5 nitrogen and oxygen atoms in total. The van der Waals surface area contributed by atoms with Gasteiger partial charge < -0.3 is 4.74 Å². The highest BCUT2D eigenvalue weighted by Crippen LogP contribution is 2.36. The van der Waals surface area contributed by atoms with E-state index in [4.69, 9.17) is 10.6 Å². The summed E-state index contributed by atoms with van der Waals surface area (Å²) in [7, 11) is 1.79. The lowest BCUT2D eigenvalue weighted by Crippen LogP contribution is -2.54. The maximum Gasteiger partial charge on any atom is 0.0848 e. The van der Waals surface area contributed by atoms with Gasteiger partial charge in [-0.1, -0.05) is 12.8 Å². The molecular weight excluding hydrogens is 240 g/mol. The summed E-state index contributed by atoms with van der Waals surface area (Å²) in [4.78, 5) is 0. The number of ether oxygens (including phenoxy) is 1. The Morgan fingerprint density at radius 3 is 2.63 bits per heavy atom. The molecule has 1 aliphatic rings. The van der Waals surface area contributed by atoms with Crippen molar-refractivity contribution in [1.29, 1.82) is 0 Å². The van der Waals surface area contributed by atoms with Crippen LogP contribution < -0.4 is 11.3 Å². The molecule has 1 fully saturated rings. The van der Waals surface area contributed by atoms with Gasteiger partial charge in [0.15, 0.2) is 0 Å². The molecule has 0 spiro atoms. The average Bonchev–Trinajstić information content (AvgIpc) is 3.05. The fourth-order valence-corrected chi connectivity index (χ4v) is 3.05. The summed E-state index contributed by atoms with van der Waals surface area (Å²) in [6.07, 6.45) is 7.41. The fraction of sp³-hybridized carbons (Fsp3) is 0.786. The average molecular weight is 266 g/mol. The molecule has 2 rings (SSSR count). The van der Waals surface area contributed by atoms with Gasteiger partial charge in [-0.2, -0.15) is 5.10 Å². The Kier molecular flexibility index (Phi) is 4.60. The Labute approximate surface area is 115 Å². The summed E-state index contributed by atoms with van der Waals surface area (Å²) in [5.74, 6) is 5.76. The SMILES string of the molecule is COC1(C(Cc2ccn(C(C)C)n2)NN)CCCC1. The van der Waals surface area contributed by atoms with Gasteiger partial charge in [-0.05, 0) is 32.8 Å². The number of hydrogen-bond donors (Lipinski definition) is 2. The van der Waals surface area contributed by atoms with Crippen LogP contribution in [0.4, 0.5) is 0 Å². The summed E-state index contributed by atoms with van der Waals surface area (Å²) >= 11 is 0. The van der Waals surface area contributed by atoms with Crippen molar-refractivity contribution in [2.24, 2.45) is 5.84 Å². The van der Waals surface area contributed by atoms with Crippen LogP contribution >= 0.6 is 0 Å². The number of nitrogens with one attached hydrogen (secondary N) is 1.